The van der Waals surface area contributed by atoms with Crippen LogP contribution in [0.5, 0.6) is 0 Å². The predicted molar refractivity (Wildman–Crippen MR) is 103 cm³/mol. The van der Waals surface area contributed by atoms with E-state index in [1.807, 2.05) is 6.08 Å². The summed E-state index contributed by atoms with van der Waals surface area (Å²) in [5.41, 5.74) is 0. The van der Waals surface area contributed by atoms with Gasteiger partial charge >= 0.3 is 0 Å². The zero-order valence-corrected chi connectivity index (χ0v) is 18.7. The SMILES string of the molecule is CC(C)(C)[Si](C)(C)O[C@@H]1C=CC(=O)[C@@H](O[Si](C)(C)C(C)(C)C)C1. The topological polar surface area (TPSA) is 35.5 Å². The lowest BCUT2D eigenvalue weighted by Gasteiger charge is -2.42. The van der Waals surface area contributed by atoms with Crippen molar-refractivity contribution in [3.05, 3.63) is 12.2 Å². The van der Waals surface area contributed by atoms with Crippen LogP contribution in [0.2, 0.25) is 36.3 Å². The van der Waals surface area contributed by atoms with Crippen molar-refractivity contribution in [3.8, 4) is 0 Å². The molecule has 0 spiro atoms. The summed E-state index contributed by atoms with van der Waals surface area (Å²) in [5.74, 6) is 0.0879. The Labute approximate surface area is 145 Å². The molecule has 3 nitrogen and oxygen atoms in total. The molecule has 1 rings (SSSR count). The molecule has 0 heterocycles. The molecule has 0 bridgehead atoms. The zero-order valence-electron chi connectivity index (χ0n) is 16.7. The lowest BCUT2D eigenvalue weighted by molar-refractivity contribution is -0.123. The first-order valence-electron chi connectivity index (χ1n) is 8.64. The van der Waals surface area contributed by atoms with Gasteiger partial charge in [0.1, 0.15) is 6.10 Å². The first-order valence-corrected chi connectivity index (χ1v) is 14.5. The molecule has 0 saturated carbocycles. The van der Waals surface area contributed by atoms with Crippen molar-refractivity contribution >= 4 is 22.4 Å². The van der Waals surface area contributed by atoms with Gasteiger partial charge in [0, 0.05) is 6.42 Å². The summed E-state index contributed by atoms with van der Waals surface area (Å²) in [5, 5.41) is 0.266. The summed E-state index contributed by atoms with van der Waals surface area (Å²) in [6, 6.07) is 0. The van der Waals surface area contributed by atoms with Crippen LogP contribution in [0.3, 0.4) is 0 Å². The molecule has 23 heavy (non-hydrogen) atoms. The molecule has 1 aliphatic rings. The van der Waals surface area contributed by atoms with Crippen molar-refractivity contribution in [2.45, 2.75) is 96.4 Å². The van der Waals surface area contributed by atoms with E-state index < -0.39 is 16.6 Å². The molecule has 0 fully saturated rings. The fourth-order valence-corrected chi connectivity index (χ4v) is 4.56. The standard InChI is InChI=1S/C18H36O3Si2/c1-17(2,3)22(7,8)20-14-11-12-15(19)16(13-14)21-23(9,10)18(4,5)6/h11-12,14,16H,13H2,1-10H3/t14-,16+/m1/s1. The van der Waals surface area contributed by atoms with Gasteiger partial charge in [-0.3, -0.25) is 4.79 Å². The molecule has 0 N–H and O–H groups in total. The van der Waals surface area contributed by atoms with Crippen LogP contribution in [0.1, 0.15) is 48.0 Å². The average molecular weight is 357 g/mol. The lowest BCUT2D eigenvalue weighted by atomic mass is 10.0. The number of hydrogen-bond acceptors (Lipinski definition) is 3. The quantitative estimate of drug-likeness (QED) is 0.641. The summed E-state index contributed by atoms with van der Waals surface area (Å²) >= 11 is 0. The smallest absolute Gasteiger partial charge is 0.193 e. The largest absolute Gasteiger partial charge is 0.410 e. The Morgan fingerprint density at radius 1 is 0.913 bits per heavy atom. The summed E-state index contributed by atoms with van der Waals surface area (Å²) < 4.78 is 12.8. The van der Waals surface area contributed by atoms with Crippen molar-refractivity contribution in [1.29, 1.82) is 0 Å². The molecule has 2 atom stereocenters. The van der Waals surface area contributed by atoms with Gasteiger partial charge in [-0.25, -0.2) is 0 Å². The van der Waals surface area contributed by atoms with Crippen LogP contribution < -0.4 is 0 Å². The summed E-state index contributed by atoms with van der Waals surface area (Å²) in [4.78, 5) is 12.3. The molecular formula is C18H36O3Si2. The normalized spacial score (nSPS) is 24.2. The third-order valence-corrected chi connectivity index (χ3v) is 14.7. The molecule has 0 aromatic rings. The van der Waals surface area contributed by atoms with E-state index in [1.165, 1.54) is 0 Å². The molecule has 1 aliphatic carbocycles. The van der Waals surface area contributed by atoms with Crippen molar-refractivity contribution in [2.75, 3.05) is 0 Å². The minimum Gasteiger partial charge on any atom is -0.410 e. The van der Waals surface area contributed by atoms with Crippen molar-refractivity contribution < 1.29 is 13.6 Å². The second kappa shape index (κ2) is 6.58. The van der Waals surface area contributed by atoms with Crippen LogP contribution in [0.15, 0.2) is 12.2 Å². The van der Waals surface area contributed by atoms with Crippen LogP contribution in [-0.2, 0) is 13.6 Å². The number of ketones is 1. The Morgan fingerprint density at radius 3 is 1.78 bits per heavy atom. The third-order valence-electron chi connectivity index (χ3n) is 5.73. The summed E-state index contributed by atoms with van der Waals surface area (Å²) in [6.07, 6.45) is 3.88. The van der Waals surface area contributed by atoms with E-state index in [1.54, 1.807) is 6.08 Å². The van der Waals surface area contributed by atoms with Gasteiger partial charge in [-0.2, -0.15) is 0 Å². The van der Waals surface area contributed by atoms with E-state index in [0.29, 0.717) is 6.42 Å². The first kappa shape index (κ1) is 20.8. The molecule has 0 aliphatic heterocycles. The maximum Gasteiger partial charge on any atom is 0.193 e. The van der Waals surface area contributed by atoms with E-state index in [-0.39, 0.29) is 28.1 Å². The Bertz CT molecular complexity index is 468. The van der Waals surface area contributed by atoms with Crippen LogP contribution in [-0.4, -0.2) is 34.6 Å². The lowest BCUT2D eigenvalue weighted by Crippen LogP contribution is -2.49. The van der Waals surface area contributed by atoms with Gasteiger partial charge < -0.3 is 8.85 Å². The summed E-state index contributed by atoms with van der Waals surface area (Å²) in [6.45, 7) is 22.2. The Hall–Kier alpha value is -0.236. The van der Waals surface area contributed by atoms with Gasteiger partial charge in [0.2, 0.25) is 0 Å². The fraction of sp³-hybridized carbons (Fsp3) is 0.833. The Balaban J connectivity index is 2.85. The highest BCUT2D eigenvalue weighted by Gasteiger charge is 2.43. The third kappa shape index (κ3) is 5.12. The van der Waals surface area contributed by atoms with Gasteiger partial charge in [0.05, 0.1) is 6.10 Å². The number of carbonyl (C=O) groups is 1. The molecule has 134 valence electrons. The van der Waals surface area contributed by atoms with E-state index in [2.05, 4.69) is 67.7 Å². The van der Waals surface area contributed by atoms with Crippen molar-refractivity contribution in [2.24, 2.45) is 0 Å². The van der Waals surface area contributed by atoms with Gasteiger partial charge in [-0.1, -0.05) is 47.6 Å². The van der Waals surface area contributed by atoms with Crippen molar-refractivity contribution in [3.63, 3.8) is 0 Å². The fourth-order valence-electron chi connectivity index (χ4n) is 2.00. The molecular weight excluding hydrogens is 320 g/mol. The molecule has 0 amide bonds. The Kier molecular flexibility index (Phi) is 5.95. The van der Waals surface area contributed by atoms with E-state index >= 15 is 0 Å². The van der Waals surface area contributed by atoms with Gasteiger partial charge in [0.15, 0.2) is 22.4 Å². The molecule has 0 radical (unpaired) electrons. The highest BCUT2D eigenvalue weighted by atomic mass is 28.4. The second-order valence-corrected chi connectivity index (χ2v) is 19.3. The minimum absolute atomic E-state index is 0.0108. The van der Waals surface area contributed by atoms with E-state index in [9.17, 15) is 4.79 Å². The molecule has 0 saturated heterocycles. The molecule has 0 aromatic heterocycles. The monoisotopic (exact) mass is 356 g/mol. The van der Waals surface area contributed by atoms with Gasteiger partial charge in [0.25, 0.3) is 0 Å². The van der Waals surface area contributed by atoms with Gasteiger partial charge in [-0.05, 0) is 42.3 Å². The van der Waals surface area contributed by atoms with Gasteiger partial charge in [-0.15, -0.1) is 0 Å². The molecule has 0 aromatic carbocycles. The highest BCUT2D eigenvalue weighted by Crippen LogP contribution is 2.40. The minimum atomic E-state index is -1.96. The van der Waals surface area contributed by atoms with Crippen LogP contribution >= 0.6 is 0 Å². The maximum atomic E-state index is 12.3. The van der Waals surface area contributed by atoms with E-state index in [0.717, 1.165) is 0 Å². The maximum absolute atomic E-state index is 12.3. The average Bonchev–Trinajstić information content (AvgIpc) is 2.29. The molecule has 5 heteroatoms. The summed E-state index contributed by atoms with van der Waals surface area (Å²) in [7, 11) is -3.80. The van der Waals surface area contributed by atoms with E-state index in [4.69, 9.17) is 8.85 Å². The van der Waals surface area contributed by atoms with Crippen LogP contribution in [0.4, 0.5) is 0 Å². The predicted octanol–water partition coefficient (Wildman–Crippen LogP) is 5.30. The Morgan fingerprint density at radius 2 is 1.35 bits per heavy atom. The number of carbonyl (C=O) groups excluding carboxylic acids is 1. The van der Waals surface area contributed by atoms with Crippen LogP contribution in [0.25, 0.3) is 0 Å². The molecule has 0 unspecified atom stereocenters. The van der Waals surface area contributed by atoms with Crippen molar-refractivity contribution in [1.82, 2.24) is 0 Å². The number of rotatable bonds is 4. The first-order chi connectivity index (χ1) is 10.1. The van der Waals surface area contributed by atoms with Crippen LogP contribution in [0, 0.1) is 0 Å². The number of hydrogen-bond donors (Lipinski definition) is 0. The highest BCUT2D eigenvalue weighted by molar-refractivity contribution is 6.74. The zero-order chi connectivity index (χ0) is 18.3. The second-order valence-electron chi connectivity index (χ2n) is 9.78.